The first-order valence-corrected chi connectivity index (χ1v) is 5.75. The first-order valence-electron chi connectivity index (χ1n) is 5.75. The molecule has 2 atom stereocenters. The van der Waals surface area contributed by atoms with Crippen molar-refractivity contribution in [1.29, 1.82) is 0 Å². The molecule has 2 heteroatoms. The Morgan fingerprint density at radius 3 is 2.40 bits per heavy atom. The molecular weight excluding hydrogens is 186 g/mol. The first-order chi connectivity index (χ1) is 7.38. The fourth-order valence-electron chi connectivity index (χ4n) is 2.98. The molecule has 1 aromatic carbocycles. The molecule has 0 aromatic heterocycles. The van der Waals surface area contributed by atoms with Gasteiger partial charge in [0, 0.05) is 26.2 Å². The molecule has 2 nitrogen and oxygen atoms in total. The monoisotopic (exact) mass is 203 g/mol. The van der Waals surface area contributed by atoms with Gasteiger partial charge in [-0.05, 0) is 23.3 Å². The third-order valence-corrected chi connectivity index (χ3v) is 3.91. The molecular formula is C13H17NO. The van der Waals surface area contributed by atoms with Crippen LogP contribution in [-0.2, 0) is 6.54 Å². The Bertz CT molecular complexity index is 326. The second-order valence-electron chi connectivity index (χ2n) is 4.85. The van der Waals surface area contributed by atoms with Gasteiger partial charge in [0.2, 0.25) is 0 Å². The largest absolute Gasteiger partial charge is 0.396 e. The molecule has 0 spiro atoms. The number of rotatable bonds is 3. The number of hydrogen-bond donors (Lipinski definition) is 1. The van der Waals surface area contributed by atoms with Gasteiger partial charge in [0.1, 0.15) is 0 Å². The molecule has 1 saturated heterocycles. The summed E-state index contributed by atoms with van der Waals surface area (Å²) in [5.41, 5.74) is 1.40. The van der Waals surface area contributed by atoms with Crippen molar-refractivity contribution in [2.45, 2.75) is 6.54 Å². The zero-order valence-corrected chi connectivity index (χ0v) is 8.84. The summed E-state index contributed by atoms with van der Waals surface area (Å²) in [6.45, 7) is 3.84. The molecule has 1 aromatic rings. The topological polar surface area (TPSA) is 23.5 Å². The molecule has 3 rings (SSSR count). The summed E-state index contributed by atoms with van der Waals surface area (Å²) in [7, 11) is 0. The normalized spacial score (nSPS) is 34.1. The lowest BCUT2D eigenvalue weighted by Gasteiger charge is -2.18. The van der Waals surface area contributed by atoms with Crippen LogP contribution in [0.1, 0.15) is 5.56 Å². The summed E-state index contributed by atoms with van der Waals surface area (Å²) in [6, 6.07) is 10.6. The van der Waals surface area contributed by atoms with E-state index in [1.165, 1.54) is 18.7 Å². The average molecular weight is 203 g/mol. The number of hydrogen-bond acceptors (Lipinski definition) is 2. The van der Waals surface area contributed by atoms with E-state index < -0.39 is 0 Å². The minimum absolute atomic E-state index is 0.397. The number of benzene rings is 1. The number of aliphatic hydroxyl groups is 1. The summed E-state index contributed by atoms with van der Waals surface area (Å²) in [4.78, 5) is 2.51. The standard InChI is InChI=1S/C13H17NO/c15-9-13-11-7-14(8-12(11)13)6-10-4-2-1-3-5-10/h1-5,11-13,15H,6-9H2. The van der Waals surface area contributed by atoms with Gasteiger partial charge in [-0.15, -0.1) is 0 Å². The van der Waals surface area contributed by atoms with Gasteiger partial charge in [0.15, 0.2) is 0 Å². The Labute approximate surface area is 90.5 Å². The van der Waals surface area contributed by atoms with Crippen LogP contribution < -0.4 is 0 Å². The van der Waals surface area contributed by atoms with Gasteiger partial charge in [-0.2, -0.15) is 0 Å². The van der Waals surface area contributed by atoms with Crippen LogP contribution in [0, 0.1) is 17.8 Å². The van der Waals surface area contributed by atoms with E-state index in [1.54, 1.807) is 0 Å². The van der Waals surface area contributed by atoms with Crippen LogP contribution >= 0.6 is 0 Å². The Balaban J connectivity index is 1.56. The van der Waals surface area contributed by atoms with Crippen LogP contribution in [0.2, 0.25) is 0 Å². The molecule has 1 saturated carbocycles. The van der Waals surface area contributed by atoms with Crippen molar-refractivity contribution in [1.82, 2.24) is 4.90 Å². The van der Waals surface area contributed by atoms with Crippen LogP contribution in [0.15, 0.2) is 30.3 Å². The molecule has 2 fully saturated rings. The van der Waals surface area contributed by atoms with E-state index in [2.05, 4.69) is 35.2 Å². The maximum Gasteiger partial charge on any atom is 0.0465 e. The van der Waals surface area contributed by atoms with Crippen molar-refractivity contribution in [2.75, 3.05) is 19.7 Å². The molecule has 2 aliphatic rings. The highest BCUT2D eigenvalue weighted by Gasteiger charge is 2.54. The van der Waals surface area contributed by atoms with Gasteiger partial charge in [-0.3, -0.25) is 4.90 Å². The summed E-state index contributed by atoms with van der Waals surface area (Å²) in [5, 5.41) is 9.07. The van der Waals surface area contributed by atoms with Crippen LogP contribution in [0.5, 0.6) is 0 Å². The smallest absolute Gasteiger partial charge is 0.0465 e. The molecule has 1 aliphatic heterocycles. The van der Waals surface area contributed by atoms with Crippen molar-refractivity contribution in [3.63, 3.8) is 0 Å². The number of piperidine rings is 1. The number of fused-ring (bicyclic) bond motifs is 1. The Morgan fingerprint density at radius 2 is 1.80 bits per heavy atom. The van der Waals surface area contributed by atoms with E-state index >= 15 is 0 Å². The molecule has 0 amide bonds. The van der Waals surface area contributed by atoms with Crippen LogP contribution in [0.25, 0.3) is 0 Å². The SMILES string of the molecule is OCC1C2CN(Cc3ccccc3)CC12. The highest BCUT2D eigenvalue weighted by atomic mass is 16.3. The van der Waals surface area contributed by atoms with E-state index in [9.17, 15) is 0 Å². The molecule has 2 unspecified atom stereocenters. The Kier molecular flexibility index (Phi) is 2.26. The van der Waals surface area contributed by atoms with E-state index in [0.717, 1.165) is 18.4 Å². The predicted octanol–water partition coefficient (Wildman–Crippen LogP) is 1.36. The van der Waals surface area contributed by atoms with Crippen molar-refractivity contribution in [3.05, 3.63) is 35.9 Å². The summed E-state index contributed by atoms with van der Waals surface area (Å²) in [5.74, 6) is 2.20. The van der Waals surface area contributed by atoms with Gasteiger partial charge in [0.05, 0.1) is 0 Å². The van der Waals surface area contributed by atoms with Crippen molar-refractivity contribution < 1.29 is 5.11 Å². The number of likely N-dealkylation sites (tertiary alicyclic amines) is 1. The molecule has 1 aliphatic carbocycles. The number of aliphatic hydroxyl groups excluding tert-OH is 1. The molecule has 15 heavy (non-hydrogen) atoms. The average Bonchev–Trinajstić information content (AvgIpc) is 2.75. The third-order valence-electron chi connectivity index (χ3n) is 3.91. The first kappa shape index (κ1) is 9.37. The maximum absolute atomic E-state index is 9.07. The number of nitrogens with zero attached hydrogens (tertiary/aromatic N) is 1. The van der Waals surface area contributed by atoms with Gasteiger partial charge in [-0.1, -0.05) is 30.3 Å². The second-order valence-corrected chi connectivity index (χ2v) is 4.85. The lowest BCUT2D eigenvalue weighted by molar-refractivity contribution is 0.217. The molecule has 1 heterocycles. The zero-order chi connectivity index (χ0) is 10.3. The molecule has 1 N–H and O–H groups in total. The summed E-state index contributed by atoms with van der Waals surface area (Å²) >= 11 is 0. The summed E-state index contributed by atoms with van der Waals surface area (Å²) < 4.78 is 0. The predicted molar refractivity (Wildman–Crippen MR) is 59.3 cm³/mol. The molecule has 0 bridgehead atoms. The van der Waals surface area contributed by atoms with Crippen molar-refractivity contribution in [3.8, 4) is 0 Å². The lowest BCUT2D eigenvalue weighted by Crippen LogP contribution is -2.24. The quantitative estimate of drug-likeness (QED) is 0.801. The Hall–Kier alpha value is -0.860. The fraction of sp³-hybridized carbons (Fsp3) is 0.538. The zero-order valence-electron chi connectivity index (χ0n) is 8.84. The minimum atomic E-state index is 0.397. The van der Waals surface area contributed by atoms with E-state index in [-0.39, 0.29) is 0 Å². The van der Waals surface area contributed by atoms with E-state index in [1.807, 2.05) is 0 Å². The minimum Gasteiger partial charge on any atom is -0.396 e. The highest BCUT2D eigenvalue weighted by molar-refractivity contribution is 5.15. The van der Waals surface area contributed by atoms with Gasteiger partial charge in [0.25, 0.3) is 0 Å². The summed E-state index contributed by atoms with van der Waals surface area (Å²) in [6.07, 6.45) is 0. The van der Waals surface area contributed by atoms with Crippen LogP contribution in [0.3, 0.4) is 0 Å². The second kappa shape index (κ2) is 3.62. The highest BCUT2D eigenvalue weighted by Crippen LogP contribution is 2.51. The lowest BCUT2D eigenvalue weighted by atomic mass is 10.2. The van der Waals surface area contributed by atoms with E-state index in [0.29, 0.717) is 12.5 Å². The van der Waals surface area contributed by atoms with E-state index in [4.69, 9.17) is 5.11 Å². The van der Waals surface area contributed by atoms with Crippen molar-refractivity contribution >= 4 is 0 Å². The fourth-order valence-corrected chi connectivity index (χ4v) is 2.98. The van der Waals surface area contributed by atoms with Crippen molar-refractivity contribution in [2.24, 2.45) is 17.8 Å². The molecule has 0 radical (unpaired) electrons. The van der Waals surface area contributed by atoms with Crippen LogP contribution in [-0.4, -0.2) is 29.7 Å². The third kappa shape index (κ3) is 1.68. The van der Waals surface area contributed by atoms with Gasteiger partial charge >= 0.3 is 0 Å². The molecule has 80 valence electrons. The Morgan fingerprint density at radius 1 is 1.13 bits per heavy atom. The van der Waals surface area contributed by atoms with Crippen LogP contribution in [0.4, 0.5) is 0 Å². The van der Waals surface area contributed by atoms with Gasteiger partial charge in [-0.25, -0.2) is 0 Å². The maximum atomic E-state index is 9.07. The van der Waals surface area contributed by atoms with Gasteiger partial charge < -0.3 is 5.11 Å².